The topological polar surface area (TPSA) is 124 Å². The maximum absolute atomic E-state index is 11.0. The number of ether oxygens (including phenoxy) is 1. The van der Waals surface area contributed by atoms with Crippen molar-refractivity contribution in [2.75, 3.05) is 7.11 Å². The van der Waals surface area contributed by atoms with Crippen molar-refractivity contribution in [3.8, 4) is 5.75 Å². The van der Waals surface area contributed by atoms with Crippen LogP contribution in [0.25, 0.3) is 0 Å². The van der Waals surface area contributed by atoms with Crippen molar-refractivity contribution in [1.29, 1.82) is 0 Å². The molecule has 0 aliphatic carbocycles. The summed E-state index contributed by atoms with van der Waals surface area (Å²) in [5.74, 6) is -3.09. The van der Waals surface area contributed by atoms with Crippen LogP contribution in [0.5, 0.6) is 5.75 Å². The van der Waals surface area contributed by atoms with Gasteiger partial charge in [0.1, 0.15) is 5.75 Å². The van der Waals surface area contributed by atoms with E-state index in [2.05, 4.69) is 0 Å². The molecule has 0 aliphatic heterocycles. The zero-order valence-electron chi connectivity index (χ0n) is 10.1. The van der Waals surface area contributed by atoms with Gasteiger partial charge in [-0.1, -0.05) is 12.1 Å². The van der Waals surface area contributed by atoms with Crippen LogP contribution in [0, 0.1) is 0 Å². The molecule has 0 aliphatic rings. The summed E-state index contributed by atoms with van der Waals surface area (Å²) in [4.78, 5) is 21.6. The van der Waals surface area contributed by atoms with Gasteiger partial charge in [0.05, 0.1) is 7.11 Å². The molecule has 0 heterocycles. The lowest BCUT2D eigenvalue weighted by Crippen LogP contribution is -2.54. The average molecular weight is 270 g/mol. The van der Waals surface area contributed by atoms with Crippen LogP contribution in [-0.4, -0.2) is 51.2 Å². The Labute approximate surface area is 108 Å². The Bertz CT molecular complexity index is 467. The molecule has 19 heavy (non-hydrogen) atoms. The Kier molecular flexibility index (Phi) is 4.47. The number of carbonyl (C=O) groups is 2. The number of aliphatic hydroxyl groups excluding tert-OH is 1. The number of methoxy groups -OCH3 is 1. The number of aliphatic hydroxyl groups is 2. The minimum atomic E-state index is -2.79. The zero-order chi connectivity index (χ0) is 14.6. The normalized spacial score (nSPS) is 15.3. The molecule has 1 aromatic carbocycles. The van der Waals surface area contributed by atoms with Crippen LogP contribution >= 0.6 is 0 Å². The molecule has 4 N–H and O–H groups in total. The molecule has 1 aromatic rings. The SMILES string of the molecule is COc1ccc(C[C@](O)(C(=O)O)[C@@H](O)C(=O)O)cc1. The number of rotatable bonds is 6. The van der Waals surface area contributed by atoms with Gasteiger partial charge >= 0.3 is 11.9 Å². The number of hydrogen-bond acceptors (Lipinski definition) is 5. The van der Waals surface area contributed by atoms with Crippen molar-refractivity contribution in [3.63, 3.8) is 0 Å². The lowest BCUT2D eigenvalue weighted by molar-refractivity contribution is -0.183. The van der Waals surface area contributed by atoms with Gasteiger partial charge in [0, 0.05) is 6.42 Å². The van der Waals surface area contributed by atoms with E-state index in [1.807, 2.05) is 0 Å². The van der Waals surface area contributed by atoms with Gasteiger partial charge in [-0.05, 0) is 17.7 Å². The fourth-order valence-electron chi connectivity index (χ4n) is 1.55. The first kappa shape index (κ1) is 14.9. The highest BCUT2D eigenvalue weighted by molar-refractivity contribution is 5.87. The molecule has 2 atom stereocenters. The molecule has 0 saturated heterocycles. The molecule has 0 amide bonds. The van der Waals surface area contributed by atoms with Crippen LogP contribution in [0.1, 0.15) is 5.56 Å². The Morgan fingerprint density at radius 2 is 1.79 bits per heavy atom. The second kappa shape index (κ2) is 5.68. The Morgan fingerprint density at radius 3 is 2.16 bits per heavy atom. The van der Waals surface area contributed by atoms with Crippen molar-refractivity contribution < 1.29 is 34.8 Å². The van der Waals surface area contributed by atoms with Crippen molar-refractivity contribution in [2.45, 2.75) is 18.1 Å². The molecule has 7 heteroatoms. The van der Waals surface area contributed by atoms with Crippen LogP contribution in [0.4, 0.5) is 0 Å². The van der Waals surface area contributed by atoms with Gasteiger partial charge in [-0.3, -0.25) is 0 Å². The quantitative estimate of drug-likeness (QED) is 0.549. The van der Waals surface area contributed by atoms with E-state index in [1.54, 1.807) is 0 Å². The molecule has 0 fully saturated rings. The van der Waals surface area contributed by atoms with Gasteiger partial charge < -0.3 is 25.2 Å². The largest absolute Gasteiger partial charge is 0.497 e. The molecule has 0 saturated carbocycles. The van der Waals surface area contributed by atoms with Crippen molar-refractivity contribution in [3.05, 3.63) is 29.8 Å². The maximum atomic E-state index is 11.0. The second-order valence-electron chi connectivity index (χ2n) is 4.00. The molecule has 104 valence electrons. The summed E-state index contributed by atoms with van der Waals surface area (Å²) >= 11 is 0. The predicted molar refractivity (Wildman–Crippen MR) is 62.9 cm³/mol. The third-order valence-electron chi connectivity index (χ3n) is 2.69. The summed E-state index contributed by atoms with van der Waals surface area (Å²) in [7, 11) is 1.46. The summed E-state index contributed by atoms with van der Waals surface area (Å²) in [6.07, 6.45) is -2.97. The van der Waals surface area contributed by atoms with E-state index >= 15 is 0 Å². The first-order chi connectivity index (χ1) is 8.81. The van der Waals surface area contributed by atoms with Crippen molar-refractivity contribution in [1.82, 2.24) is 0 Å². The Morgan fingerprint density at radius 1 is 1.26 bits per heavy atom. The monoisotopic (exact) mass is 270 g/mol. The summed E-state index contributed by atoms with van der Waals surface area (Å²) in [6, 6.07) is 6.01. The smallest absolute Gasteiger partial charge is 0.339 e. The number of benzene rings is 1. The van der Waals surface area contributed by atoms with Gasteiger partial charge in [-0.2, -0.15) is 0 Å². The molecular formula is C12H14O7. The third kappa shape index (κ3) is 3.21. The minimum absolute atomic E-state index is 0.353. The first-order valence-electron chi connectivity index (χ1n) is 5.31. The molecule has 0 unspecified atom stereocenters. The fraction of sp³-hybridized carbons (Fsp3) is 0.333. The van der Waals surface area contributed by atoms with E-state index in [-0.39, 0.29) is 0 Å². The zero-order valence-corrected chi connectivity index (χ0v) is 10.1. The highest BCUT2D eigenvalue weighted by atomic mass is 16.5. The molecule has 7 nitrogen and oxygen atoms in total. The van der Waals surface area contributed by atoms with Crippen LogP contribution < -0.4 is 4.74 Å². The van der Waals surface area contributed by atoms with Gasteiger partial charge in [0.15, 0.2) is 6.10 Å². The fourth-order valence-corrected chi connectivity index (χ4v) is 1.55. The summed E-state index contributed by atoms with van der Waals surface area (Å²) < 4.78 is 4.91. The summed E-state index contributed by atoms with van der Waals surface area (Å²) in [5.41, 5.74) is -2.44. The van der Waals surface area contributed by atoms with E-state index in [0.717, 1.165) is 0 Å². The second-order valence-corrected chi connectivity index (χ2v) is 4.00. The lowest BCUT2D eigenvalue weighted by atomic mass is 9.89. The van der Waals surface area contributed by atoms with Gasteiger partial charge in [0.2, 0.25) is 5.60 Å². The Balaban J connectivity index is 3.01. The average Bonchev–Trinajstić information content (AvgIpc) is 2.38. The molecule has 0 spiro atoms. The Hall–Kier alpha value is -2.12. The molecule has 0 aromatic heterocycles. The third-order valence-corrected chi connectivity index (χ3v) is 2.69. The van der Waals surface area contributed by atoms with E-state index in [9.17, 15) is 19.8 Å². The van der Waals surface area contributed by atoms with Crippen LogP contribution in [0.15, 0.2) is 24.3 Å². The van der Waals surface area contributed by atoms with E-state index in [1.165, 1.54) is 31.4 Å². The van der Waals surface area contributed by atoms with Gasteiger partial charge in [0.25, 0.3) is 0 Å². The summed E-state index contributed by atoms with van der Waals surface area (Å²) in [5, 5.41) is 36.7. The van der Waals surface area contributed by atoms with Gasteiger partial charge in [-0.25, -0.2) is 9.59 Å². The van der Waals surface area contributed by atoms with Gasteiger partial charge in [-0.15, -0.1) is 0 Å². The van der Waals surface area contributed by atoms with E-state index < -0.39 is 30.1 Å². The number of carboxylic acids is 2. The van der Waals surface area contributed by atoms with E-state index in [0.29, 0.717) is 11.3 Å². The lowest BCUT2D eigenvalue weighted by Gasteiger charge is -2.26. The minimum Gasteiger partial charge on any atom is -0.497 e. The van der Waals surface area contributed by atoms with Crippen LogP contribution in [0.3, 0.4) is 0 Å². The van der Waals surface area contributed by atoms with Crippen molar-refractivity contribution >= 4 is 11.9 Å². The molecular weight excluding hydrogens is 256 g/mol. The molecule has 0 bridgehead atoms. The van der Waals surface area contributed by atoms with E-state index in [4.69, 9.17) is 14.9 Å². The highest BCUT2D eigenvalue weighted by Gasteiger charge is 2.47. The van der Waals surface area contributed by atoms with Crippen LogP contribution in [0.2, 0.25) is 0 Å². The number of carboxylic acid groups (broad SMARTS) is 2. The molecule has 1 rings (SSSR count). The van der Waals surface area contributed by atoms with Crippen LogP contribution in [-0.2, 0) is 16.0 Å². The first-order valence-corrected chi connectivity index (χ1v) is 5.31. The maximum Gasteiger partial charge on any atom is 0.339 e. The predicted octanol–water partition coefficient (Wildman–Crippen LogP) is -0.501. The number of hydrogen-bond donors (Lipinski definition) is 4. The number of aliphatic carboxylic acids is 2. The highest BCUT2D eigenvalue weighted by Crippen LogP contribution is 2.21. The van der Waals surface area contributed by atoms with Crippen molar-refractivity contribution in [2.24, 2.45) is 0 Å². The summed E-state index contributed by atoms with van der Waals surface area (Å²) in [6.45, 7) is 0. The molecule has 0 radical (unpaired) electrons. The standard InChI is InChI=1S/C12H14O7/c1-19-8-4-2-7(3-5-8)6-12(18,11(16)17)9(13)10(14)15/h2-5,9,13,18H,6H2,1H3,(H,14,15)(H,16,17)/t9-,12+/m0/s1.